The molecular weight excluding hydrogens is 388 g/mol. The molecule has 0 bridgehead atoms. The van der Waals surface area contributed by atoms with Crippen LogP contribution in [0.3, 0.4) is 0 Å². The van der Waals surface area contributed by atoms with Crippen LogP contribution < -0.4 is 0 Å². The highest BCUT2D eigenvalue weighted by Crippen LogP contribution is 2.68. The van der Waals surface area contributed by atoms with Crippen LogP contribution in [0.1, 0.15) is 89.1 Å². The van der Waals surface area contributed by atoms with Crippen molar-refractivity contribution in [3.8, 4) is 0 Å². The fraction of sp³-hybridized carbons (Fsp3) is 0.957. The van der Waals surface area contributed by atoms with E-state index in [0.717, 1.165) is 57.8 Å². The first-order valence-corrected chi connectivity index (χ1v) is 11.6. The van der Waals surface area contributed by atoms with Crippen molar-refractivity contribution in [1.29, 1.82) is 0 Å². The number of carbonyl (C=O) groups excluding carboxylic acids is 1. The van der Waals surface area contributed by atoms with Gasteiger partial charge >= 0.3 is 0 Å². The molecule has 0 aliphatic heterocycles. The normalized spacial score (nSPS) is 58.6. The summed E-state index contributed by atoms with van der Waals surface area (Å²) in [5.74, 6) is 0.138. The lowest BCUT2D eigenvalue weighted by Gasteiger charge is -2.62. The zero-order valence-corrected chi connectivity index (χ0v) is 18.2. The number of fused-ring (bicyclic) bond motifs is 5. The third-order valence-electron chi connectivity index (χ3n) is 9.62. The monoisotopic (exact) mass is 427 g/mol. The van der Waals surface area contributed by atoms with Gasteiger partial charge in [-0.1, -0.05) is 36.7 Å². The van der Waals surface area contributed by atoms with Crippen molar-refractivity contribution in [3.05, 3.63) is 0 Å². The molecule has 0 aromatic heterocycles. The number of halogens is 1. The molecule has 0 aromatic carbocycles. The molecule has 0 unspecified atom stereocenters. The molecule has 8 atom stereocenters. The maximum absolute atomic E-state index is 13.0. The Kier molecular flexibility index (Phi) is 4.04. The number of alkyl halides is 1. The molecule has 26 heavy (non-hydrogen) atoms. The Morgan fingerprint density at radius 1 is 1.12 bits per heavy atom. The molecule has 0 spiro atoms. The van der Waals surface area contributed by atoms with Gasteiger partial charge in [-0.2, -0.15) is 0 Å². The van der Waals surface area contributed by atoms with Crippen molar-refractivity contribution in [2.24, 2.45) is 40.4 Å². The van der Waals surface area contributed by atoms with Gasteiger partial charge in [0, 0.05) is 10.0 Å². The van der Waals surface area contributed by atoms with Gasteiger partial charge in [-0.05, 0) is 98.7 Å². The molecule has 0 radical (unpaired) electrons. The predicted molar refractivity (Wildman–Crippen MR) is 109 cm³/mol. The van der Waals surface area contributed by atoms with E-state index in [0.29, 0.717) is 30.1 Å². The van der Waals surface area contributed by atoms with Crippen LogP contribution in [0, 0.1) is 40.4 Å². The van der Waals surface area contributed by atoms with Crippen molar-refractivity contribution < 1.29 is 14.0 Å². The van der Waals surface area contributed by atoms with Gasteiger partial charge < -0.3 is 5.11 Å². The van der Waals surface area contributed by atoms with E-state index in [1.807, 2.05) is 0 Å². The Morgan fingerprint density at radius 2 is 1.85 bits per heavy atom. The highest BCUT2D eigenvalue weighted by Gasteiger charge is 2.61. The van der Waals surface area contributed by atoms with E-state index in [4.69, 9.17) is 4.11 Å². The summed E-state index contributed by atoms with van der Waals surface area (Å²) in [5.41, 5.74) is -0.668. The van der Waals surface area contributed by atoms with Crippen LogP contribution in [0.2, 0.25) is 0 Å². The maximum Gasteiger partial charge on any atom is 0.147 e. The number of ketones is 1. The SMILES string of the molecule is [2H]C([2H])(Br)C(=O)[C@@]1([2H])CC[C@H]2[C@@H]3CC[C@H]4C[C@@](O)(CC)CC[C@]4(C)[C@H]3CC[C@@]21C. The molecule has 4 saturated carbocycles. The number of carbonyl (C=O) groups is 1. The first kappa shape index (κ1) is 16.0. The second kappa shape index (κ2) is 6.58. The summed E-state index contributed by atoms with van der Waals surface area (Å²) in [6, 6.07) is 0. The van der Waals surface area contributed by atoms with E-state index in [9.17, 15) is 9.90 Å². The minimum Gasteiger partial charge on any atom is -0.390 e. The van der Waals surface area contributed by atoms with E-state index in [2.05, 4.69) is 36.7 Å². The molecule has 2 nitrogen and oxygen atoms in total. The van der Waals surface area contributed by atoms with Crippen LogP contribution in [0.4, 0.5) is 0 Å². The van der Waals surface area contributed by atoms with Gasteiger partial charge in [-0.15, -0.1) is 0 Å². The molecule has 0 saturated heterocycles. The number of hydrogen-bond donors (Lipinski definition) is 1. The van der Waals surface area contributed by atoms with Gasteiger partial charge in [-0.3, -0.25) is 4.79 Å². The molecule has 3 heteroatoms. The van der Waals surface area contributed by atoms with Crippen LogP contribution in [-0.2, 0) is 4.79 Å². The number of Topliss-reactive ketones (excluding diaryl/α,β-unsaturated/α-hetero) is 1. The Balaban J connectivity index is 1.62. The highest BCUT2D eigenvalue weighted by molar-refractivity contribution is 9.09. The second-order valence-electron chi connectivity index (χ2n) is 10.3. The summed E-state index contributed by atoms with van der Waals surface area (Å²) in [4.78, 5) is 13.0. The lowest BCUT2D eigenvalue weighted by atomic mass is 9.43. The van der Waals surface area contributed by atoms with Crippen molar-refractivity contribution in [2.75, 3.05) is 5.28 Å². The van der Waals surface area contributed by atoms with Crippen LogP contribution in [0.15, 0.2) is 0 Å². The van der Waals surface area contributed by atoms with Gasteiger partial charge in [0.2, 0.25) is 0 Å². The summed E-state index contributed by atoms with van der Waals surface area (Å²) in [6.07, 6.45) is 9.26. The molecule has 0 heterocycles. The van der Waals surface area contributed by atoms with E-state index >= 15 is 0 Å². The maximum atomic E-state index is 13.0. The van der Waals surface area contributed by atoms with Crippen molar-refractivity contribution in [1.82, 2.24) is 0 Å². The Hall–Kier alpha value is 0.110. The van der Waals surface area contributed by atoms with Gasteiger partial charge in [0.15, 0.2) is 0 Å². The zero-order valence-electron chi connectivity index (χ0n) is 19.6. The van der Waals surface area contributed by atoms with Gasteiger partial charge in [0.1, 0.15) is 5.78 Å². The van der Waals surface area contributed by atoms with Crippen LogP contribution in [0.25, 0.3) is 0 Å². The molecule has 0 amide bonds. The fourth-order valence-electron chi connectivity index (χ4n) is 7.89. The zero-order chi connectivity index (χ0) is 21.5. The molecule has 0 aromatic rings. The first-order chi connectivity index (χ1) is 13.3. The Labute approximate surface area is 172 Å². The average molecular weight is 428 g/mol. The Morgan fingerprint density at radius 3 is 2.54 bits per heavy atom. The highest BCUT2D eigenvalue weighted by atomic mass is 79.9. The van der Waals surface area contributed by atoms with Crippen LogP contribution in [-0.4, -0.2) is 21.8 Å². The summed E-state index contributed by atoms with van der Waals surface area (Å²) in [7, 11) is 0. The third-order valence-corrected chi connectivity index (χ3v) is 9.98. The lowest BCUT2D eigenvalue weighted by Crippen LogP contribution is -2.56. The summed E-state index contributed by atoms with van der Waals surface area (Å²) < 4.78 is 24.9. The summed E-state index contributed by atoms with van der Waals surface area (Å²) >= 11 is 2.91. The topological polar surface area (TPSA) is 37.3 Å². The standard InChI is InChI=1S/C23H37BrO2/c1-4-23(26)12-11-21(2)15(13-23)5-6-16-17-7-8-19(20(25)14-24)22(17,3)10-9-18(16)21/h15-19,26H,4-14H2,1-3H3/t15-,16-,17-,18-,19+,21-,22-,23+/m0/s1/i14D2,19D. The first-order valence-electron chi connectivity index (χ1n) is 12.3. The van der Waals surface area contributed by atoms with Crippen LogP contribution >= 0.6 is 15.9 Å². The molecule has 4 aliphatic carbocycles. The molecule has 4 fully saturated rings. The average Bonchev–Trinajstić information content (AvgIpc) is 2.93. The summed E-state index contributed by atoms with van der Waals surface area (Å²) in [5, 5.41) is 8.80. The quantitative estimate of drug-likeness (QED) is 0.581. The third kappa shape index (κ3) is 2.70. The van der Waals surface area contributed by atoms with Gasteiger partial charge in [-0.25, -0.2) is 0 Å². The minimum absolute atomic E-state index is 0.257. The van der Waals surface area contributed by atoms with Crippen molar-refractivity contribution in [3.63, 3.8) is 0 Å². The van der Waals surface area contributed by atoms with Gasteiger partial charge in [0.25, 0.3) is 0 Å². The number of aliphatic hydroxyl groups is 1. The van der Waals surface area contributed by atoms with Gasteiger partial charge in [0.05, 0.1) is 10.9 Å². The van der Waals surface area contributed by atoms with E-state index in [1.165, 1.54) is 0 Å². The number of rotatable bonds is 3. The minimum atomic E-state index is -2.12. The molecule has 4 aliphatic rings. The van der Waals surface area contributed by atoms with E-state index < -0.39 is 28.0 Å². The smallest absolute Gasteiger partial charge is 0.147 e. The Bertz CT molecular complexity index is 696. The molecule has 1 N–H and O–H groups in total. The largest absolute Gasteiger partial charge is 0.390 e. The molecule has 148 valence electrons. The molecular formula is C23H37BrO2. The van der Waals surface area contributed by atoms with Crippen molar-refractivity contribution >= 4 is 21.7 Å². The van der Waals surface area contributed by atoms with Crippen LogP contribution in [0.5, 0.6) is 0 Å². The number of hydrogen-bond acceptors (Lipinski definition) is 2. The molecule has 4 rings (SSSR count). The van der Waals surface area contributed by atoms with Crippen molar-refractivity contribution in [2.45, 2.75) is 90.6 Å². The summed E-state index contributed by atoms with van der Waals surface area (Å²) in [6.45, 7) is 6.67. The second-order valence-corrected chi connectivity index (χ2v) is 10.7. The van der Waals surface area contributed by atoms with E-state index in [-0.39, 0.29) is 5.41 Å². The van der Waals surface area contributed by atoms with E-state index in [1.54, 1.807) is 0 Å². The fourth-order valence-corrected chi connectivity index (χ4v) is 8.13. The predicted octanol–water partition coefficient (Wildman–Crippen LogP) is 5.75. The lowest BCUT2D eigenvalue weighted by molar-refractivity contribution is -0.154.